The van der Waals surface area contributed by atoms with E-state index in [2.05, 4.69) is 15.8 Å². The zero-order valence-electron chi connectivity index (χ0n) is 26.5. The van der Waals surface area contributed by atoms with Crippen LogP contribution in [0.5, 0.6) is 0 Å². The van der Waals surface area contributed by atoms with Crippen LogP contribution in [0.4, 0.5) is 13.6 Å². The summed E-state index contributed by atoms with van der Waals surface area (Å²) in [4.78, 5) is 60.6. The minimum Gasteiger partial charge on any atom is -0.479 e. The Hall–Kier alpha value is -4.07. The van der Waals surface area contributed by atoms with Gasteiger partial charge in [-0.1, -0.05) is 56.3 Å². The summed E-state index contributed by atoms with van der Waals surface area (Å²) in [5.74, 6) is -4.64. The molecule has 0 spiro atoms. The number of carbonyl (C=O) groups excluding carboxylic acids is 3. The number of alkyl halides is 2. The third-order valence-electron chi connectivity index (χ3n) is 9.00. The number of hydrogen-bond donors (Lipinski definition) is 3. The molecule has 5 rings (SSSR count). The zero-order valence-corrected chi connectivity index (χ0v) is 27.3. The molecule has 1 unspecified atom stereocenters. The zero-order chi connectivity index (χ0) is 33.9. The summed E-state index contributed by atoms with van der Waals surface area (Å²) in [6, 6.07) is 9.10. The van der Waals surface area contributed by atoms with Crippen molar-refractivity contribution in [1.29, 1.82) is 0 Å². The van der Waals surface area contributed by atoms with Gasteiger partial charge in [0.05, 0.1) is 18.7 Å². The van der Waals surface area contributed by atoms with E-state index >= 15 is 0 Å². The maximum atomic E-state index is 14.1. The molecule has 3 fully saturated rings. The molecule has 2 saturated carbocycles. The fourth-order valence-corrected chi connectivity index (χ4v) is 7.04. The van der Waals surface area contributed by atoms with Gasteiger partial charge in [-0.25, -0.2) is 18.4 Å². The van der Waals surface area contributed by atoms with Crippen LogP contribution in [0.2, 0.25) is 0 Å². The number of hydrogen-bond acceptors (Lipinski definition) is 8. The number of nitrogens with one attached hydrogen (secondary N) is 2. The Kier molecular flexibility index (Phi) is 10.2. The number of carboxylic acid groups (broad SMARTS) is 1. The topological polar surface area (TPSA) is 147 Å². The van der Waals surface area contributed by atoms with Crippen molar-refractivity contribution >= 4 is 41.4 Å². The summed E-state index contributed by atoms with van der Waals surface area (Å²) in [5.41, 5.74) is -1.23. The highest BCUT2D eigenvalue weighted by Gasteiger charge is 2.66. The minimum absolute atomic E-state index is 0.0834. The van der Waals surface area contributed by atoms with E-state index in [1.165, 1.54) is 11.1 Å². The molecule has 14 heteroatoms. The number of carboxylic acids is 1. The Balaban J connectivity index is 1.36. The van der Waals surface area contributed by atoms with Gasteiger partial charge in [-0.15, -0.1) is 11.3 Å². The van der Waals surface area contributed by atoms with Crippen LogP contribution in [0.1, 0.15) is 64.9 Å². The molecule has 2 aliphatic carbocycles. The molecule has 0 radical (unpaired) electrons. The monoisotopic (exact) mass is 674 g/mol. The molecule has 1 aliphatic heterocycles. The van der Waals surface area contributed by atoms with E-state index in [0.717, 1.165) is 41.7 Å². The fraction of sp³-hybridized carbons (Fsp3) is 0.545. The summed E-state index contributed by atoms with van der Waals surface area (Å²) in [5, 5.41) is 20.8. The third kappa shape index (κ3) is 7.74. The molecule has 11 nitrogen and oxygen atoms in total. The normalized spacial score (nSPS) is 25.1. The number of carbonyl (C=O) groups is 4. The summed E-state index contributed by atoms with van der Waals surface area (Å²) in [6.07, 6.45) is -0.373. The third-order valence-corrected chi connectivity index (χ3v) is 9.90. The van der Waals surface area contributed by atoms with Crippen LogP contribution in [0.15, 0.2) is 46.9 Å². The number of oxime groups is 1. The number of alkyl carbamates (subject to hydrolysis) is 1. The van der Waals surface area contributed by atoms with E-state index in [0.29, 0.717) is 0 Å². The number of thiophene rings is 1. The summed E-state index contributed by atoms with van der Waals surface area (Å²) in [6.45, 7) is 5.12. The van der Waals surface area contributed by atoms with Gasteiger partial charge < -0.3 is 30.2 Å². The maximum absolute atomic E-state index is 14.1. The van der Waals surface area contributed by atoms with E-state index < -0.39 is 71.8 Å². The molecule has 0 bridgehead atoms. The lowest BCUT2D eigenvalue weighted by Crippen LogP contribution is -2.59. The first kappa shape index (κ1) is 34.3. The Morgan fingerprint density at radius 2 is 1.83 bits per heavy atom. The van der Waals surface area contributed by atoms with E-state index in [-0.39, 0.29) is 19.1 Å². The van der Waals surface area contributed by atoms with Crippen LogP contribution < -0.4 is 10.6 Å². The van der Waals surface area contributed by atoms with E-state index in [4.69, 9.17) is 9.57 Å². The second kappa shape index (κ2) is 14.0. The molecule has 2 aromatic rings. The summed E-state index contributed by atoms with van der Waals surface area (Å²) >= 11 is 1.57. The van der Waals surface area contributed by atoms with Crippen molar-refractivity contribution in [2.45, 2.75) is 95.6 Å². The van der Waals surface area contributed by atoms with Crippen LogP contribution in [0, 0.1) is 11.3 Å². The molecule has 1 aromatic carbocycles. The van der Waals surface area contributed by atoms with E-state index in [1.807, 2.05) is 41.8 Å². The second-order valence-corrected chi connectivity index (χ2v) is 14.4. The quantitative estimate of drug-likeness (QED) is 0.224. The van der Waals surface area contributed by atoms with Crippen molar-refractivity contribution in [3.63, 3.8) is 0 Å². The van der Waals surface area contributed by atoms with Crippen LogP contribution >= 0.6 is 11.3 Å². The predicted molar refractivity (Wildman–Crippen MR) is 170 cm³/mol. The lowest BCUT2D eigenvalue weighted by Gasteiger charge is -2.35. The number of aliphatic carboxylic acids is 1. The number of benzene rings is 1. The first-order valence-corrected chi connectivity index (χ1v) is 16.6. The van der Waals surface area contributed by atoms with Gasteiger partial charge in [-0.3, -0.25) is 9.59 Å². The number of amides is 3. The molecule has 3 N–H and O–H groups in total. The average Bonchev–Trinajstić information content (AvgIpc) is 3.46. The molecule has 3 amide bonds. The molecule has 47 heavy (non-hydrogen) atoms. The van der Waals surface area contributed by atoms with Crippen molar-refractivity contribution < 1.29 is 42.6 Å². The van der Waals surface area contributed by atoms with Crippen LogP contribution in [-0.4, -0.2) is 82.9 Å². The molecule has 3 aliphatic rings. The van der Waals surface area contributed by atoms with Crippen LogP contribution in [0.3, 0.4) is 0 Å². The number of nitrogens with zero attached hydrogens (tertiary/aromatic N) is 2. The molecule has 1 saturated heterocycles. The average molecular weight is 675 g/mol. The molecular formula is C33H40F2N4O7S. The molecule has 1 aromatic heterocycles. The number of ether oxygens (including phenoxy) is 1. The van der Waals surface area contributed by atoms with Crippen LogP contribution in [-0.2, 0) is 24.0 Å². The number of halogens is 2. The van der Waals surface area contributed by atoms with Crippen molar-refractivity contribution in [1.82, 2.24) is 15.5 Å². The van der Waals surface area contributed by atoms with Crippen molar-refractivity contribution in [3.8, 4) is 10.4 Å². The highest BCUT2D eigenvalue weighted by atomic mass is 32.1. The van der Waals surface area contributed by atoms with Crippen molar-refractivity contribution in [2.24, 2.45) is 16.5 Å². The summed E-state index contributed by atoms with van der Waals surface area (Å²) < 4.78 is 32.5. The highest BCUT2D eigenvalue weighted by Crippen LogP contribution is 2.48. The second-order valence-electron chi connectivity index (χ2n) is 13.4. The number of likely N-dealkylation sites (tertiary alicyclic amines) is 1. The van der Waals surface area contributed by atoms with Gasteiger partial charge in [0, 0.05) is 22.4 Å². The van der Waals surface area contributed by atoms with E-state index in [1.54, 1.807) is 32.1 Å². The first-order chi connectivity index (χ1) is 22.3. The Morgan fingerprint density at radius 3 is 2.45 bits per heavy atom. The van der Waals surface area contributed by atoms with Gasteiger partial charge in [0.15, 0.2) is 0 Å². The summed E-state index contributed by atoms with van der Waals surface area (Å²) in [7, 11) is 0. The highest BCUT2D eigenvalue weighted by molar-refractivity contribution is 7.13. The predicted octanol–water partition coefficient (Wildman–Crippen LogP) is 5.04. The largest absolute Gasteiger partial charge is 0.479 e. The fourth-order valence-electron chi connectivity index (χ4n) is 6.27. The standard InChI is InChI=1S/C33H40F2N4O7S/c1-32(2,3)26(37-31(44)45-20-10-5-6-11-20)29(41)39-18-21(15-24(39)28(40)38-33(30(42)43)16-23(33)27(34)35)46-36-17-19-9-4-7-12-22(19)25-13-8-14-47-25/h4,7-9,12-14,17,20-21,23-24,26-27H,5-6,10-11,15-16,18H2,1-3H3,(H,37,44)(H,38,40)(H,42,43)/b36-17+/t21-,23+,24?,26-,33+/m1/s1. The molecule has 254 valence electrons. The van der Waals surface area contributed by atoms with Crippen molar-refractivity contribution in [3.05, 3.63) is 47.3 Å². The van der Waals surface area contributed by atoms with Gasteiger partial charge in [0.1, 0.15) is 29.8 Å². The van der Waals surface area contributed by atoms with Crippen molar-refractivity contribution in [2.75, 3.05) is 6.54 Å². The molecular weight excluding hydrogens is 634 g/mol. The Bertz CT molecular complexity index is 1490. The minimum atomic E-state index is -2.95. The number of rotatable bonds is 11. The molecule has 2 heterocycles. The van der Waals surface area contributed by atoms with Crippen LogP contribution in [0.25, 0.3) is 10.4 Å². The van der Waals surface area contributed by atoms with Gasteiger partial charge in [0.25, 0.3) is 0 Å². The van der Waals surface area contributed by atoms with E-state index in [9.17, 15) is 33.1 Å². The maximum Gasteiger partial charge on any atom is 0.408 e. The first-order valence-electron chi connectivity index (χ1n) is 15.7. The lowest BCUT2D eigenvalue weighted by atomic mass is 9.85. The molecule has 5 atom stereocenters. The SMILES string of the molecule is CC(C)(C)[C@H](NC(=O)OC1CCCC1)C(=O)N1C[C@H](O/N=C/c2ccccc2-c2cccs2)CC1C(=O)N[C@@]1(C(=O)O)C[C@H]1C(F)F. The van der Waals surface area contributed by atoms with Gasteiger partial charge in [0.2, 0.25) is 18.2 Å². The Morgan fingerprint density at radius 1 is 1.11 bits per heavy atom. The van der Waals surface area contributed by atoms with Gasteiger partial charge in [-0.05, 0) is 49.0 Å². The smallest absolute Gasteiger partial charge is 0.408 e. The van der Waals surface area contributed by atoms with Gasteiger partial charge >= 0.3 is 12.1 Å². The lowest BCUT2D eigenvalue weighted by molar-refractivity contribution is -0.147. The Labute approximate surface area is 275 Å². The van der Waals surface area contributed by atoms with Gasteiger partial charge in [-0.2, -0.15) is 0 Å².